The van der Waals surface area contributed by atoms with Gasteiger partial charge in [-0.1, -0.05) is 35.3 Å². The highest BCUT2D eigenvalue weighted by molar-refractivity contribution is 7.89. The van der Waals surface area contributed by atoms with Crippen LogP contribution in [0.25, 0.3) is 0 Å². The fraction of sp³-hybridized carbons (Fsp3) is 0.300. The van der Waals surface area contributed by atoms with Crippen LogP contribution in [0.1, 0.15) is 30.1 Å². The smallest absolute Gasteiger partial charge is 0.340 e. The lowest BCUT2D eigenvalue weighted by molar-refractivity contribution is -0.119. The van der Waals surface area contributed by atoms with Crippen molar-refractivity contribution in [2.45, 2.75) is 30.7 Å². The van der Waals surface area contributed by atoms with Gasteiger partial charge in [-0.25, -0.2) is 17.9 Å². The van der Waals surface area contributed by atoms with E-state index >= 15 is 0 Å². The van der Waals surface area contributed by atoms with Gasteiger partial charge >= 0.3 is 5.97 Å². The predicted molar refractivity (Wildman–Crippen MR) is 116 cm³/mol. The average molecular weight is 487 g/mol. The molecule has 0 spiro atoms. The number of anilines is 1. The first-order valence-corrected chi connectivity index (χ1v) is 11.7. The third-order valence-electron chi connectivity index (χ3n) is 4.23. The molecule has 1 saturated carbocycles. The molecule has 3 rings (SSSR count). The summed E-state index contributed by atoms with van der Waals surface area (Å²) in [7, 11) is -3.92. The van der Waals surface area contributed by atoms with Crippen LogP contribution in [0.3, 0.4) is 0 Å². The quantitative estimate of drug-likeness (QED) is 0.523. The first-order valence-electron chi connectivity index (χ1n) is 9.41. The highest BCUT2D eigenvalue weighted by atomic mass is 35.5. The van der Waals surface area contributed by atoms with Crippen LogP contribution in [0, 0.1) is 0 Å². The second kappa shape index (κ2) is 9.86. The number of benzene rings is 2. The molecular weight excluding hydrogens is 467 g/mol. The third-order valence-corrected chi connectivity index (χ3v) is 6.52. The molecule has 166 valence electrons. The molecule has 0 unspecified atom stereocenters. The van der Waals surface area contributed by atoms with Crippen LogP contribution in [0.2, 0.25) is 10.0 Å². The van der Waals surface area contributed by atoms with Gasteiger partial charge in [0, 0.05) is 6.04 Å². The molecule has 2 N–H and O–H groups in total. The number of carbonyl (C=O) groups is 2. The van der Waals surface area contributed by atoms with Crippen molar-refractivity contribution in [1.29, 1.82) is 0 Å². The van der Waals surface area contributed by atoms with E-state index in [1.165, 1.54) is 0 Å². The van der Waals surface area contributed by atoms with E-state index in [1.54, 1.807) is 24.3 Å². The summed E-state index contributed by atoms with van der Waals surface area (Å²) in [4.78, 5) is 24.4. The van der Waals surface area contributed by atoms with Gasteiger partial charge in [0.25, 0.3) is 5.91 Å². The van der Waals surface area contributed by atoms with Crippen molar-refractivity contribution in [2.24, 2.45) is 0 Å². The summed E-state index contributed by atoms with van der Waals surface area (Å²) in [5, 5.41) is 2.37. The minimum absolute atomic E-state index is 0.0949. The Morgan fingerprint density at radius 2 is 1.84 bits per heavy atom. The van der Waals surface area contributed by atoms with Gasteiger partial charge in [-0.3, -0.25) is 4.79 Å². The van der Waals surface area contributed by atoms with Crippen molar-refractivity contribution in [2.75, 3.05) is 18.5 Å². The van der Waals surface area contributed by atoms with Crippen LogP contribution in [0.4, 0.5) is 5.69 Å². The zero-order valence-electron chi connectivity index (χ0n) is 16.5. The first-order chi connectivity index (χ1) is 14.7. The maximum Gasteiger partial charge on any atom is 0.340 e. The number of hydrogen-bond donors (Lipinski definition) is 2. The Balaban J connectivity index is 1.69. The van der Waals surface area contributed by atoms with Gasteiger partial charge < -0.3 is 14.8 Å². The Kier molecular flexibility index (Phi) is 7.42. The van der Waals surface area contributed by atoms with Crippen LogP contribution in [0.15, 0.2) is 41.3 Å². The van der Waals surface area contributed by atoms with E-state index < -0.39 is 28.5 Å². The topological polar surface area (TPSA) is 111 Å². The van der Waals surface area contributed by atoms with Gasteiger partial charge in [0.15, 0.2) is 6.61 Å². The molecule has 0 aliphatic heterocycles. The molecule has 1 aliphatic carbocycles. The highest BCUT2D eigenvalue weighted by Crippen LogP contribution is 2.31. The number of ether oxygens (including phenoxy) is 2. The number of carbonyl (C=O) groups excluding carboxylic acids is 2. The minimum atomic E-state index is -3.92. The molecule has 0 saturated heterocycles. The van der Waals surface area contributed by atoms with Gasteiger partial charge in [-0.15, -0.1) is 0 Å². The monoisotopic (exact) mass is 486 g/mol. The summed E-state index contributed by atoms with van der Waals surface area (Å²) in [6.07, 6.45) is 1.47. The fourth-order valence-electron chi connectivity index (χ4n) is 2.62. The maximum absolute atomic E-state index is 12.5. The number of esters is 1. The molecule has 1 aliphatic rings. The molecular formula is C20H20Cl2N2O6S. The van der Waals surface area contributed by atoms with Gasteiger partial charge in [0.05, 0.1) is 27.9 Å². The number of rotatable bonds is 9. The van der Waals surface area contributed by atoms with Crippen molar-refractivity contribution in [3.8, 4) is 5.75 Å². The summed E-state index contributed by atoms with van der Waals surface area (Å²) in [5.74, 6) is -1.09. The van der Waals surface area contributed by atoms with Gasteiger partial charge in [0.1, 0.15) is 10.6 Å². The van der Waals surface area contributed by atoms with Crippen LogP contribution in [0.5, 0.6) is 5.75 Å². The van der Waals surface area contributed by atoms with Crippen LogP contribution >= 0.6 is 23.2 Å². The van der Waals surface area contributed by atoms with E-state index in [1.807, 2.05) is 6.92 Å². The third kappa shape index (κ3) is 6.10. The van der Waals surface area contributed by atoms with Crippen molar-refractivity contribution >= 4 is 50.8 Å². The number of nitrogens with one attached hydrogen (secondary N) is 2. The number of para-hydroxylation sites is 2. The van der Waals surface area contributed by atoms with Crippen molar-refractivity contribution in [3.63, 3.8) is 0 Å². The number of halogens is 2. The normalized spacial score (nSPS) is 13.5. The summed E-state index contributed by atoms with van der Waals surface area (Å²) >= 11 is 12.1. The summed E-state index contributed by atoms with van der Waals surface area (Å²) in [5.41, 5.74) is 0.208. The lowest BCUT2D eigenvalue weighted by atomic mass is 10.2. The van der Waals surface area contributed by atoms with Crippen LogP contribution in [-0.4, -0.2) is 39.5 Å². The van der Waals surface area contributed by atoms with Gasteiger partial charge in [0.2, 0.25) is 10.0 Å². The van der Waals surface area contributed by atoms with Crippen molar-refractivity contribution in [1.82, 2.24) is 4.72 Å². The zero-order valence-corrected chi connectivity index (χ0v) is 18.8. The summed E-state index contributed by atoms with van der Waals surface area (Å²) < 4.78 is 37.9. The van der Waals surface area contributed by atoms with Crippen molar-refractivity contribution in [3.05, 3.63) is 52.0 Å². The lowest BCUT2D eigenvalue weighted by Crippen LogP contribution is -2.26. The Labute approximate surface area is 189 Å². The Morgan fingerprint density at radius 3 is 2.52 bits per heavy atom. The van der Waals surface area contributed by atoms with E-state index in [0.717, 1.165) is 25.0 Å². The number of amides is 1. The molecule has 0 heterocycles. The molecule has 0 radical (unpaired) electrons. The molecule has 0 aromatic heterocycles. The Hall–Kier alpha value is -2.33. The molecule has 2 aromatic carbocycles. The molecule has 0 bridgehead atoms. The van der Waals surface area contributed by atoms with Crippen LogP contribution in [-0.2, 0) is 19.6 Å². The molecule has 0 atom stereocenters. The second-order valence-electron chi connectivity index (χ2n) is 6.71. The van der Waals surface area contributed by atoms with E-state index in [0.29, 0.717) is 18.0 Å². The summed E-state index contributed by atoms with van der Waals surface area (Å²) in [6.45, 7) is 1.61. The second-order valence-corrected chi connectivity index (χ2v) is 9.21. The SMILES string of the molecule is CCOc1ccccc1NC(=O)COC(=O)c1cc(S(=O)(=O)NC2CC2)c(Cl)cc1Cl. The predicted octanol–water partition coefficient (Wildman–Crippen LogP) is 3.63. The molecule has 11 heteroatoms. The largest absolute Gasteiger partial charge is 0.492 e. The van der Waals surface area contributed by atoms with Gasteiger partial charge in [-0.2, -0.15) is 0 Å². The molecule has 2 aromatic rings. The Bertz CT molecular complexity index is 1100. The molecule has 1 amide bonds. The average Bonchev–Trinajstić information content (AvgIpc) is 3.51. The van der Waals surface area contributed by atoms with E-state index in [4.69, 9.17) is 32.7 Å². The standard InChI is InChI=1S/C20H20Cl2N2O6S/c1-2-29-17-6-4-3-5-16(17)23-19(25)11-30-20(26)13-9-18(15(22)10-14(13)21)31(27,28)24-12-7-8-12/h3-6,9-10,12,24H,2,7-8,11H2,1H3,(H,23,25). The van der Waals surface area contributed by atoms with E-state index in [-0.39, 0.29) is 26.5 Å². The van der Waals surface area contributed by atoms with Gasteiger partial charge in [-0.05, 0) is 44.0 Å². The number of hydrogen-bond acceptors (Lipinski definition) is 6. The van der Waals surface area contributed by atoms with Crippen LogP contribution < -0.4 is 14.8 Å². The molecule has 31 heavy (non-hydrogen) atoms. The lowest BCUT2D eigenvalue weighted by Gasteiger charge is -2.13. The highest BCUT2D eigenvalue weighted by Gasteiger charge is 2.30. The fourth-order valence-corrected chi connectivity index (χ4v) is 4.78. The first kappa shape index (κ1) is 23.3. The zero-order chi connectivity index (χ0) is 22.6. The maximum atomic E-state index is 12.5. The van der Waals surface area contributed by atoms with E-state index in [9.17, 15) is 18.0 Å². The van der Waals surface area contributed by atoms with Crippen molar-refractivity contribution < 1.29 is 27.5 Å². The summed E-state index contributed by atoms with van der Waals surface area (Å²) in [6, 6.07) is 8.86. The van der Waals surface area contributed by atoms with E-state index in [2.05, 4.69) is 10.0 Å². The number of sulfonamides is 1. The Morgan fingerprint density at radius 1 is 1.13 bits per heavy atom. The molecule has 8 nitrogen and oxygen atoms in total. The molecule has 1 fully saturated rings. The minimum Gasteiger partial charge on any atom is -0.492 e.